The number of methoxy groups -OCH3 is 2. The standard InChI is InChI=1S/C33H38N4O8/c1-40-22-10-8-21(9-11-22)33-26(20-6-4-3-5-7-20)25(30-35-36-31(34)44-30)29(38)28(33)27-24(45-33)18-23(19-32(27,39)41-2)43-17-14-37-12-15-42-16-13-37/h3-11,18,25-26,28-29,38-39H,12-17,19H2,1-2H3,(H2,34,36). The van der Waals surface area contributed by atoms with Gasteiger partial charge < -0.3 is 44.0 Å². The van der Waals surface area contributed by atoms with Crippen LogP contribution in [0.25, 0.3) is 0 Å². The fraction of sp³-hybridized carbons (Fsp3) is 0.455. The van der Waals surface area contributed by atoms with Gasteiger partial charge in [0.05, 0.1) is 44.7 Å². The Bertz CT molecular complexity index is 1570. The van der Waals surface area contributed by atoms with Crippen molar-refractivity contribution in [2.75, 3.05) is 59.4 Å². The number of anilines is 1. The molecule has 238 valence electrons. The van der Waals surface area contributed by atoms with E-state index in [-0.39, 0.29) is 18.3 Å². The summed E-state index contributed by atoms with van der Waals surface area (Å²) in [7, 11) is 3.05. The highest BCUT2D eigenvalue weighted by molar-refractivity contribution is 5.52. The van der Waals surface area contributed by atoms with Gasteiger partial charge in [-0.3, -0.25) is 4.90 Å². The van der Waals surface area contributed by atoms with Crippen LogP contribution < -0.4 is 10.5 Å². The zero-order chi connectivity index (χ0) is 31.2. The number of benzene rings is 2. The van der Waals surface area contributed by atoms with Gasteiger partial charge in [0.2, 0.25) is 5.89 Å². The lowest BCUT2D eigenvalue weighted by molar-refractivity contribution is -0.169. The fourth-order valence-electron chi connectivity index (χ4n) is 7.55. The Morgan fingerprint density at radius 1 is 1.02 bits per heavy atom. The van der Waals surface area contributed by atoms with Crippen molar-refractivity contribution in [3.05, 3.63) is 94.8 Å². The van der Waals surface area contributed by atoms with Gasteiger partial charge in [-0.2, -0.15) is 0 Å². The quantitative estimate of drug-likeness (QED) is 0.302. The molecule has 0 radical (unpaired) electrons. The number of hydrogen-bond acceptors (Lipinski definition) is 12. The first-order valence-electron chi connectivity index (χ1n) is 15.2. The molecule has 12 heteroatoms. The number of rotatable bonds is 9. The predicted molar refractivity (Wildman–Crippen MR) is 161 cm³/mol. The van der Waals surface area contributed by atoms with Crippen molar-refractivity contribution in [3.8, 4) is 5.75 Å². The van der Waals surface area contributed by atoms with E-state index in [0.717, 1.165) is 30.8 Å². The first-order chi connectivity index (χ1) is 21.9. The number of aliphatic hydroxyl groups excluding tert-OH is 1. The summed E-state index contributed by atoms with van der Waals surface area (Å²) in [4.78, 5) is 2.28. The highest BCUT2D eigenvalue weighted by Crippen LogP contribution is 2.69. The summed E-state index contributed by atoms with van der Waals surface area (Å²) in [5.41, 5.74) is 6.73. The number of nitrogens with two attached hydrogens (primary N) is 1. The highest BCUT2D eigenvalue weighted by Gasteiger charge is 2.71. The lowest BCUT2D eigenvalue weighted by atomic mass is 9.71. The molecule has 2 aliphatic heterocycles. The smallest absolute Gasteiger partial charge is 0.312 e. The Labute approximate surface area is 261 Å². The van der Waals surface area contributed by atoms with Crippen LogP contribution in [0.15, 0.2) is 82.2 Å². The van der Waals surface area contributed by atoms with E-state index in [1.807, 2.05) is 60.7 Å². The predicted octanol–water partition coefficient (Wildman–Crippen LogP) is 2.67. The normalized spacial score (nSPS) is 31.2. The number of morpholine rings is 1. The van der Waals surface area contributed by atoms with E-state index in [4.69, 9.17) is 33.8 Å². The number of aromatic nitrogens is 2. The molecule has 2 fully saturated rings. The van der Waals surface area contributed by atoms with E-state index in [2.05, 4.69) is 15.1 Å². The second kappa shape index (κ2) is 11.8. The van der Waals surface area contributed by atoms with E-state index in [9.17, 15) is 10.2 Å². The summed E-state index contributed by atoms with van der Waals surface area (Å²) < 4.78 is 35.8. The van der Waals surface area contributed by atoms with Gasteiger partial charge >= 0.3 is 6.01 Å². The molecule has 0 spiro atoms. The Balaban J connectivity index is 1.35. The molecule has 4 N–H and O–H groups in total. The minimum Gasteiger partial charge on any atom is -0.497 e. The van der Waals surface area contributed by atoms with Crippen LogP contribution >= 0.6 is 0 Å². The van der Waals surface area contributed by atoms with Gasteiger partial charge in [-0.15, -0.1) is 5.10 Å². The zero-order valence-corrected chi connectivity index (χ0v) is 25.3. The number of fused-ring (bicyclic) bond motifs is 2. The first kappa shape index (κ1) is 29.8. The van der Waals surface area contributed by atoms with Crippen LogP contribution in [0.4, 0.5) is 6.01 Å². The molecule has 3 aromatic rings. The van der Waals surface area contributed by atoms with E-state index in [0.29, 0.717) is 42.7 Å². The van der Waals surface area contributed by atoms with E-state index < -0.39 is 35.2 Å². The fourth-order valence-corrected chi connectivity index (χ4v) is 7.55. The average Bonchev–Trinajstić information content (AvgIpc) is 3.72. The zero-order valence-electron chi connectivity index (χ0n) is 25.3. The Hall–Kier alpha value is -3.94. The minimum atomic E-state index is -1.82. The molecule has 2 aliphatic carbocycles. The van der Waals surface area contributed by atoms with Gasteiger partial charge in [0.15, 0.2) is 11.4 Å². The van der Waals surface area contributed by atoms with Crippen LogP contribution in [0.3, 0.4) is 0 Å². The molecule has 6 unspecified atom stereocenters. The number of hydrogen-bond donors (Lipinski definition) is 3. The molecule has 1 saturated heterocycles. The maximum atomic E-state index is 12.4. The van der Waals surface area contributed by atoms with Gasteiger partial charge in [-0.1, -0.05) is 47.6 Å². The third-order valence-electron chi connectivity index (χ3n) is 9.55. The number of allylic oxidation sites excluding steroid dienone is 1. The average molecular weight is 619 g/mol. The van der Waals surface area contributed by atoms with Crippen molar-refractivity contribution in [1.29, 1.82) is 0 Å². The molecule has 1 saturated carbocycles. The molecule has 4 aliphatic rings. The Kier molecular flexibility index (Phi) is 7.78. The number of nitrogens with zero attached hydrogens (tertiary/aromatic N) is 3. The van der Waals surface area contributed by atoms with Crippen LogP contribution in [0.5, 0.6) is 5.75 Å². The third-order valence-corrected chi connectivity index (χ3v) is 9.55. The molecule has 45 heavy (non-hydrogen) atoms. The number of nitrogen functional groups attached to an aromatic ring is 1. The van der Waals surface area contributed by atoms with Crippen molar-refractivity contribution in [1.82, 2.24) is 15.1 Å². The van der Waals surface area contributed by atoms with Crippen molar-refractivity contribution in [2.45, 2.75) is 35.7 Å². The maximum absolute atomic E-state index is 12.4. The van der Waals surface area contributed by atoms with Gasteiger partial charge in [0.1, 0.15) is 23.9 Å². The molecule has 0 bridgehead atoms. The molecule has 7 rings (SSSR count). The summed E-state index contributed by atoms with van der Waals surface area (Å²) in [5.74, 6) is -2.08. The van der Waals surface area contributed by atoms with Crippen LogP contribution in [-0.4, -0.2) is 90.9 Å². The Morgan fingerprint density at radius 3 is 2.44 bits per heavy atom. The summed E-state index contributed by atoms with van der Waals surface area (Å²) in [5, 5.41) is 32.7. The molecular weight excluding hydrogens is 580 g/mol. The molecule has 3 heterocycles. The lowest BCUT2D eigenvalue weighted by Crippen LogP contribution is -2.44. The van der Waals surface area contributed by atoms with Gasteiger partial charge in [0, 0.05) is 44.3 Å². The summed E-state index contributed by atoms with van der Waals surface area (Å²) in [6, 6.07) is 17.2. The third kappa shape index (κ3) is 4.97. The van der Waals surface area contributed by atoms with E-state index in [1.165, 1.54) is 7.11 Å². The van der Waals surface area contributed by atoms with Crippen molar-refractivity contribution < 1.29 is 38.3 Å². The molecular formula is C33H38N4O8. The second-order valence-corrected chi connectivity index (χ2v) is 11.8. The molecule has 6 atom stereocenters. The van der Waals surface area contributed by atoms with Gasteiger partial charge in [-0.05, 0) is 23.3 Å². The number of aliphatic hydroxyl groups is 2. The van der Waals surface area contributed by atoms with Crippen LogP contribution in [0, 0.1) is 5.92 Å². The highest BCUT2D eigenvalue weighted by atomic mass is 16.6. The second-order valence-electron chi connectivity index (χ2n) is 11.8. The van der Waals surface area contributed by atoms with Crippen LogP contribution in [0.1, 0.15) is 35.3 Å². The van der Waals surface area contributed by atoms with Crippen LogP contribution in [-0.2, 0) is 24.5 Å². The van der Waals surface area contributed by atoms with E-state index >= 15 is 0 Å². The van der Waals surface area contributed by atoms with Crippen molar-refractivity contribution in [2.24, 2.45) is 5.92 Å². The minimum absolute atomic E-state index is 0.0465. The topological polar surface area (TPSA) is 155 Å². The summed E-state index contributed by atoms with van der Waals surface area (Å²) in [6.45, 7) is 4.25. The monoisotopic (exact) mass is 618 g/mol. The largest absolute Gasteiger partial charge is 0.497 e. The molecule has 12 nitrogen and oxygen atoms in total. The number of ether oxygens (including phenoxy) is 5. The van der Waals surface area contributed by atoms with Crippen molar-refractivity contribution in [3.63, 3.8) is 0 Å². The van der Waals surface area contributed by atoms with E-state index in [1.54, 1.807) is 7.11 Å². The lowest BCUT2D eigenvalue weighted by Gasteiger charge is -2.38. The van der Waals surface area contributed by atoms with Crippen molar-refractivity contribution >= 4 is 6.01 Å². The van der Waals surface area contributed by atoms with Gasteiger partial charge in [-0.25, -0.2) is 0 Å². The molecule has 2 aromatic carbocycles. The summed E-state index contributed by atoms with van der Waals surface area (Å²) in [6.07, 6.45) is 0.731. The molecule has 0 amide bonds. The van der Waals surface area contributed by atoms with Gasteiger partial charge in [0.25, 0.3) is 0 Å². The van der Waals surface area contributed by atoms with Crippen LogP contribution in [0.2, 0.25) is 0 Å². The maximum Gasteiger partial charge on any atom is 0.312 e. The Morgan fingerprint density at radius 2 is 1.78 bits per heavy atom. The first-order valence-corrected chi connectivity index (χ1v) is 15.2. The summed E-state index contributed by atoms with van der Waals surface area (Å²) >= 11 is 0. The SMILES string of the molecule is COc1ccc(C23OC4=C(C2C(O)C(c2nnc(N)o2)C3c2ccccc2)C(O)(OC)CC(OCCN2CCOCC2)=C4)cc1. The molecule has 1 aromatic heterocycles.